The number of benzene rings is 1. The predicted octanol–water partition coefficient (Wildman–Crippen LogP) is 3.27. The second-order valence-electron chi connectivity index (χ2n) is 5.98. The van der Waals surface area contributed by atoms with Gasteiger partial charge in [-0.05, 0) is 36.8 Å². The van der Waals surface area contributed by atoms with Gasteiger partial charge in [-0.25, -0.2) is 0 Å². The van der Waals surface area contributed by atoms with Crippen LogP contribution >= 0.6 is 11.6 Å². The van der Waals surface area contributed by atoms with E-state index in [9.17, 15) is 0 Å². The molecule has 4 heteroatoms. The number of rotatable bonds is 3. The quantitative estimate of drug-likeness (QED) is 0.925. The lowest BCUT2D eigenvalue weighted by atomic mass is 9.91. The second-order valence-corrected chi connectivity index (χ2v) is 6.39. The first-order valence-electron chi connectivity index (χ1n) is 6.90. The van der Waals surface area contributed by atoms with Gasteiger partial charge in [-0.15, -0.1) is 0 Å². The molecule has 0 bridgehead atoms. The molecule has 0 spiro atoms. The Balaban J connectivity index is 2.09. The molecule has 0 radical (unpaired) electrons. The molecule has 19 heavy (non-hydrogen) atoms. The zero-order valence-electron chi connectivity index (χ0n) is 11.5. The van der Waals surface area contributed by atoms with E-state index >= 15 is 0 Å². The van der Waals surface area contributed by atoms with E-state index < -0.39 is 0 Å². The van der Waals surface area contributed by atoms with Gasteiger partial charge in [0.1, 0.15) is 13.2 Å². The van der Waals surface area contributed by atoms with Gasteiger partial charge in [0.15, 0.2) is 11.5 Å². The molecular formula is C15H20ClNO2. The molecule has 104 valence electrons. The average Bonchev–Trinajstić information content (AvgIpc) is 3.06. The van der Waals surface area contributed by atoms with Crippen molar-refractivity contribution in [3.63, 3.8) is 0 Å². The van der Waals surface area contributed by atoms with Crippen molar-refractivity contribution >= 4 is 11.6 Å². The van der Waals surface area contributed by atoms with Crippen LogP contribution in [-0.2, 0) is 6.42 Å². The van der Waals surface area contributed by atoms with Crippen LogP contribution in [0.25, 0.3) is 0 Å². The van der Waals surface area contributed by atoms with Gasteiger partial charge in [-0.1, -0.05) is 25.4 Å². The fourth-order valence-electron chi connectivity index (χ4n) is 2.73. The summed E-state index contributed by atoms with van der Waals surface area (Å²) in [5.41, 5.74) is 8.64. The van der Waals surface area contributed by atoms with Crippen molar-refractivity contribution in [1.29, 1.82) is 0 Å². The molecule has 2 N–H and O–H groups in total. The summed E-state index contributed by atoms with van der Waals surface area (Å²) >= 11 is 6.33. The zero-order chi connectivity index (χ0) is 13.6. The highest BCUT2D eigenvalue weighted by molar-refractivity contribution is 6.32. The van der Waals surface area contributed by atoms with Crippen molar-refractivity contribution in [2.45, 2.75) is 44.6 Å². The van der Waals surface area contributed by atoms with Crippen LogP contribution in [-0.4, -0.2) is 18.8 Å². The van der Waals surface area contributed by atoms with E-state index in [-0.39, 0.29) is 5.54 Å². The molecule has 0 unspecified atom stereocenters. The van der Waals surface area contributed by atoms with Gasteiger partial charge < -0.3 is 15.2 Å². The molecule has 0 aromatic heterocycles. The Morgan fingerprint density at radius 1 is 1.26 bits per heavy atom. The van der Waals surface area contributed by atoms with E-state index in [1.807, 2.05) is 6.07 Å². The van der Waals surface area contributed by atoms with Crippen LogP contribution in [0.4, 0.5) is 0 Å². The first-order valence-corrected chi connectivity index (χ1v) is 7.28. The Hall–Kier alpha value is -0.930. The Kier molecular flexibility index (Phi) is 3.14. The fraction of sp³-hybridized carbons (Fsp3) is 0.600. The van der Waals surface area contributed by atoms with Gasteiger partial charge in [0.2, 0.25) is 0 Å². The lowest BCUT2D eigenvalue weighted by molar-refractivity contribution is 0.169. The van der Waals surface area contributed by atoms with Crippen LogP contribution in [0.3, 0.4) is 0 Å². The van der Waals surface area contributed by atoms with E-state index in [0.29, 0.717) is 29.9 Å². The molecule has 1 aliphatic heterocycles. The van der Waals surface area contributed by atoms with E-state index in [1.54, 1.807) is 0 Å². The monoisotopic (exact) mass is 281 g/mol. The topological polar surface area (TPSA) is 44.5 Å². The number of nitrogens with two attached hydrogens (primary N) is 1. The van der Waals surface area contributed by atoms with Crippen molar-refractivity contribution in [1.82, 2.24) is 0 Å². The summed E-state index contributed by atoms with van der Waals surface area (Å²) in [6.45, 7) is 5.48. The molecule has 2 aliphatic rings. The van der Waals surface area contributed by atoms with Crippen molar-refractivity contribution in [3.8, 4) is 11.5 Å². The molecule has 1 aromatic carbocycles. The molecule has 3 nitrogen and oxygen atoms in total. The Bertz CT molecular complexity index is 509. The van der Waals surface area contributed by atoms with Crippen LogP contribution in [0.1, 0.15) is 43.7 Å². The van der Waals surface area contributed by atoms with Crippen molar-refractivity contribution in [2.24, 2.45) is 5.73 Å². The maximum Gasteiger partial charge on any atom is 0.180 e. The number of hydrogen-bond acceptors (Lipinski definition) is 3. The van der Waals surface area contributed by atoms with Crippen LogP contribution in [0.15, 0.2) is 6.07 Å². The van der Waals surface area contributed by atoms with Gasteiger partial charge in [-0.2, -0.15) is 0 Å². The van der Waals surface area contributed by atoms with Crippen molar-refractivity contribution in [3.05, 3.63) is 22.2 Å². The number of halogens is 1. The highest BCUT2D eigenvalue weighted by Gasteiger charge is 2.39. The van der Waals surface area contributed by atoms with Crippen LogP contribution in [0.2, 0.25) is 5.02 Å². The summed E-state index contributed by atoms with van der Waals surface area (Å²) in [4.78, 5) is 0. The third-order valence-corrected chi connectivity index (χ3v) is 4.18. The summed E-state index contributed by atoms with van der Waals surface area (Å²) in [6.07, 6.45) is 3.06. The molecule has 0 atom stereocenters. The first-order chi connectivity index (χ1) is 9.00. The van der Waals surface area contributed by atoms with Gasteiger partial charge >= 0.3 is 0 Å². The van der Waals surface area contributed by atoms with E-state index in [4.69, 9.17) is 26.8 Å². The zero-order valence-corrected chi connectivity index (χ0v) is 12.2. The number of ether oxygens (including phenoxy) is 2. The van der Waals surface area contributed by atoms with E-state index in [2.05, 4.69) is 13.8 Å². The molecule has 1 heterocycles. The number of fused-ring (bicyclic) bond motifs is 1. The molecular weight excluding hydrogens is 262 g/mol. The van der Waals surface area contributed by atoms with Crippen molar-refractivity contribution < 1.29 is 9.47 Å². The SMILES string of the molecule is CC(C)c1c(CC2(N)CC2)cc(Cl)c2c1OCCO2. The highest BCUT2D eigenvalue weighted by atomic mass is 35.5. The second kappa shape index (κ2) is 4.57. The fourth-order valence-corrected chi connectivity index (χ4v) is 3.01. The summed E-state index contributed by atoms with van der Waals surface area (Å²) < 4.78 is 11.5. The third kappa shape index (κ3) is 2.41. The molecule has 1 fully saturated rings. The maximum atomic E-state index is 6.33. The minimum atomic E-state index is -0.0310. The molecule has 3 rings (SSSR count). The average molecular weight is 282 g/mol. The molecule has 1 aliphatic carbocycles. The Labute approximate surface area is 119 Å². The first kappa shape index (κ1) is 13.1. The van der Waals surface area contributed by atoms with Crippen LogP contribution in [0, 0.1) is 0 Å². The Morgan fingerprint density at radius 2 is 1.89 bits per heavy atom. The number of hydrogen-bond donors (Lipinski definition) is 1. The maximum absolute atomic E-state index is 6.33. The van der Waals surface area contributed by atoms with Gasteiger partial charge in [-0.3, -0.25) is 0 Å². The van der Waals surface area contributed by atoms with E-state index in [0.717, 1.165) is 25.0 Å². The van der Waals surface area contributed by atoms with Gasteiger partial charge in [0, 0.05) is 11.1 Å². The largest absolute Gasteiger partial charge is 0.486 e. The van der Waals surface area contributed by atoms with Gasteiger partial charge in [0.25, 0.3) is 0 Å². The molecule has 1 aromatic rings. The van der Waals surface area contributed by atoms with Gasteiger partial charge in [0.05, 0.1) is 5.02 Å². The molecule has 0 amide bonds. The lowest BCUT2D eigenvalue weighted by Gasteiger charge is -2.26. The van der Waals surface area contributed by atoms with Crippen LogP contribution in [0.5, 0.6) is 11.5 Å². The summed E-state index contributed by atoms with van der Waals surface area (Å²) in [5.74, 6) is 1.89. The molecule has 0 saturated heterocycles. The standard InChI is InChI=1S/C15H20ClNO2/c1-9(2)12-10(8-15(17)3-4-15)7-11(16)13-14(12)19-6-5-18-13/h7,9H,3-6,8,17H2,1-2H3. The molecule has 1 saturated carbocycles. The summed E-state index contributed by atoms with van der Waals surface area (Å²) in [6, 6.07) is 2.01. The third-order valence-electron chi connectivity index (χ3n) is 3.90. The van der Waals surface area contributed by atoms with Crippen molar-refractivity contribution in [2.75, 3.05) is 13.2 Å². The highest BCUT2D eigenvalue weighted by Crippen LogP contribution is 2.47. The minimum absolute atomic E-state index is 0.0310. The predicted molar refractivity (Wildman–Crippen MR) is 76.4 cm³/mol. The van der Waals surface area contributed by atoms with E-state index in [1.165, 1.54) is 11.1 Å². The lowest BCUT2D eigenvalue weighted by Crippen LogP contribution is -2.26. The summed E-state index contributed by atoms with van der Waals surface area (Å²) in [7, 11) is 0. The smallest absolute Gasteiger partial charge is 0.180 e. The summed E-state index contributed by atoms with van der Waals surface area (Å²) in [5, 5.41) is 0.637. The Morgan fingerprint density at radius 3 is 2.47 bits per heavy atom. The minimum Gasteiger partial charge on any atom is -0.486 e. The van der Waals surface area contributed by atoms with Crippen LogP contribution < -0.4 is 15.2 Å². The normalized spacial score (nSPS) is 19.6.